The molecule has 0 fully saturated rings. The van der Waals surface area contributed by atoms with Crippen LogP contribution in [0.15, 0.2) is 60.8 Å². The fourth-order valence-corrected chi connectivity index (χ4v) is 6.58. The number of carbonyl (C=O) groups excluding carboxylic acids is 2. The molecule has 0 heterocycles. The summed E-state index contributed by atoms with van der Waals surface area (Å²) in [5.41, 5.74) is 0. The SMILES string of the molecule is CC/C=C\C/C=C\C/C=C\C/C=C\C/C=C\CCCCCC(=O)OC(CO)COC(=O)CCCCCCCCCCCCCCCCCCCCCCCC. The molecule has 0 aromatic rings. The van der Waals surface area contributed by atoms with Gasteiger partial charge in [-0.05, 0) is 57.8 Å². The average Bonchev–Trinajstić information content (AvgIpc) is 3.19. The number of hydrogen-bond acceptors (Lipinski definition) is 5. The smallest absolute Gasteiger partial charge is 0.306 e. The highest BCUT2D eigenvalue weighted by molar-refractivity contribution is 5.70. The van der Waals surface area contributed by atoms with Gasteiger partial charge in [-0.3, -0.25) is 9.59 Å². The minimum absolute atomic E-state index is 0.0789. The van der Waals surface area contributed by atoms with Crippen molar-refractivity contribution >= 4 is 11.9 Å². The van der Waals surface area contributed by atoms with Gasteiger partial charge in [-0.2, -0.15) is 0 Å². The van der Waals surface area contributed by atoms with Crippen molar-refractivity contribution in [2.45, 2.75) is 232 Å². The summed E-state index contributed by atoms with van der Waals surface area (Å²) in [4.78, 5) is 24.4. The molecular formula is C50H88O5. The number of carbonyl (C=O) groups is 2. The van der Waals surface area contributed by atoms with E-state index in [0.717, 1.165) is 77.0 Å². The Morgan fingerprint density at radius 3 is 1.18 bits per heavy atom. The van der Waals surface area contributed by atoms with E-state index < -0.39 is 6.10 Å². The quantitative estimate of drug-likeness (QED) is 0.0380. The minimum Gasteiger partial charge on any atom is -0.462 e. The van der Waals surface area contributed by atoms with Crippen LogP contribution in [0.5, 0.6) is 0 Å². The zero-order valence-electron chi connectivity index (χ0n) is 36.2. The van der Waals surface area contributed by atoms with Crippen LogP contribution in [-0.2, 0) is 19.1 Å². The van der Waals surface area contributed by atoms with Crippen molar-refractivity contribution in [3.63, 3.8) is 0 Å². The summed E-state index contributed by atoms with van der Waals surface area (Å²) < 4.78 is 10.6. The molecule has 0 aliphatic carbocycles. The molecule has 0 aromatic carbocycles. The van der Waals surface area contributed by atoms with E-state index in [4.69, 9.17) is 9.47 Å². The van der Waals surface area contributed by atoms with Crippen LogP contribution in [0.4, 0.5) is 0 Å². The third-order valence-corrected chi connectivity index (χ3v) is 10.1. The van der Waals surface area contributed by atoms with Crippen LogP contribution < -0.4 is 0 Å². The van der Waals surface area contributed by atoms with E-state index in [2.05, 4.69) is 74.6 Å². The summed E-state index contributed by atoms with van der Waals surface area (Å²) in [6, 6.07) is 0. The molecule has 0 saturated heterocycles. The molecule has 0 saturated carbocycles. The molecule has 0 aliphatic rings. The molecule has 1 N–H and O–H groups in total. The van der Waals surface area contributed by atoms with Crippen LogP contribution in [0.25, 0.3) is 0 Å². The number of hydrogen-bond donors (Lipinski definition) is 1. The van der Waals surface area contributed by atoms with E-state index in [0.29, 0.717) is 12.8 Å². The maximum Gasteiger partial charge on any atom is 0.306 e. The normalized spacial score (nSPS) is 12.7. The van der Waals surface area contributed by atoms with Gasteiger partial charge in [0.25, 0.3) is 0 Å². The average molecular weight is 769 g/mol. The van der Waals surface area contributed by atoms with E-state index in [1.807, 2.05) is 0 Å². The Labute approximate surface area is 341 Å². The second kappa shape index (κ2) is 46.0. The Hall–Kier alpha value is -2.40. The Balaban J connectivity index is 3.55. The standard InChI is InChI=1S/C50H88O5/c1-3-5-7-9-11-13-15-17-19-21-23-24-25-27-28-30-32-34-36-38-40-42-44-49(52)54-47-48(46-51)55-50(53)45-43-41-39-37-35-33-31-29-26-22-20-18-16-14-12-10-8-6-4-2/h6,8,12,14,18,20,26,29,33,35,48,51H,3-5,7,9-11,13,15-17,19,21-25,27-28,30-32,34,36-47H2,1-2H3/b8-6-,14-12-,20-18-,29-26-,35-33-. The van der Waals surface area contributed by atoms with E-state index >= 15 is 0 Å². The van der Waals surface area contributed by atoms with Crippen molar-refractivity contribution in [1.29, 1.82) is 0 Å². The van der Waals surface area contributed by atoms with Crippen molar-refractivity contribution in [2.75, 3.05) is 13.2 Å². The largest absolute Gasteiger partial charge is 0.462 e. The van der Waals surface area contributed by atoms with Crippen LogP contribution in [-0.4, -0.2) is 36.4 Å². The van der Waals surface area contributed by atoms with Crippen LogP contribution in [0.2, 0.25) is 0 Å². The predicted octanol–water partition coefficient (Wildman–Crippen LogP) is 15.1. The van der Waals surface area contributed by atoms with E-state index in [9.17, 15) is 14.7 Å². The molecule has 1 atom stereocenters. The van der Waals surface area contributed by atoms with Crippen molar-refractivity contribution < 1.29 is 24.2 Å². The highest BCUT2D eigenvalue weighted by Gasteiger charge is 2.16. The van der Waals surface area contributed by atoms with E-state index in [1.54, 1.807) is 0 Å². The first-order valence-electron chi connectivity index (χ1n) is 23.3. The van der Waals surface area contributed by atoms with Gasteiger partial charge in [-0.25, -0.2) is 0 Å². The highest BCUT2D eigenvalue weighted by Crippen LogP contribution is 2.16. The summed E-state index contributed by atoms with van der Waals surface area (Å²) in [5.74, 6) is -0.623. The number of ether oxygens (including phenoxy) is 2. The zero-order valence-corrected chi connectivity index (χ0v) is 36.2. The lowest BCUT2D eigenvalue weighted by atomic mass is 10.0. The van der Waals surface area contributed by atoms with E-state index in [-0.39, 0.29) is 25.2 Å². The number of rotatable bonds is 42. The Bertz CT molecular complexity index is 961. The lowest BCUT2D eigenvalue weighted by Gasteiger charge is -2.15. The molecule has 5 heteroatoms. The second-order valence-corrected chi connectivity index (χ2v) is 15.5. The number of aliphatic hydroxyl groups is 1. The summed E-state index contributed by atoms with van der Waals surface area (Å²) in [6.45, 7) is 4.02. The van der Waals surface area contributed by atoms with Gasteiger partial charge in [-0.1, -0.05) is 216 Å². The van der Waals surface area contributed by atoms with Gasteiger partial charge in [0.1, 0.15) is 6.61 Å². The molecule has 5 nitrogen and oxygen atoms in total. The Morgan fingerprint density at radius 1 is 0.436 bits per heavy atom. The molecular weight excluding hydrogens is 681 g/mol. The van der Waals surface area contributed by atoms with E-state index in [1.165, 1.54) is 122 Å². The van der Waals surface area contributed by atoms with Gasteiger partial charge in [0.2, 0.25) is 0 Å². The first kappa shape index (κ1) is 52.6. The Morgan fingerprint density at radius 2 is 0.782 bits per heavy atom. The van der Waals surface area contributed by atoms with Crippen molar-refractivity contribution in [3.8, 4) is 0 Å². The summed E-state index contributed by atoms with van der Waals surface area (Å²) in [6.07, 6.45) is 60.2. The Kier molecular flexibility index (Phi) is 44.0. The summed E-state index contributed by atoms with van der Waals surface area (Å²) >= 11 is 0. The number of allylic oxidation sites excluding steroid dienone is 10. The molecule has 0 rings (SSSR count). The fourth-order valence-electron chi connectivity index (χ4n) is 6.58. The topological polar surface area (TPSA) is 72.8 Å². The molecule has 0 radical (unpaired) electrons. The first-order chi connectivity index (χ1) is 27.1. The third kappa shape index (κ3) is 44.2. The van der Waals surface area contributed by atoms with Gasteiger partial charge in [0, 0.05) is 12.8 Å². The van der Waals surface area contributed by atoms with Crippen LogP contribution in [0.1, 0.15) is 226 Å². The maximum absolute atomic E-state index is 12.2. The third-order valence-electron chi connectivity index (χ3n) is 10.1. The van der Waals surface area contributed by atoms with Crippen molar-refractivity contribution in [2.24, 2.45) is 0 Å². The first-order valence-corrected chi connectivity index (χ1v) is 23.3. The monoisotopic (exact) mass is 769 g/mol. The molecule has 0 amide bonds. The number of esters is 2. The van der Waals surface area contributed by atoms with Crippen LogP contribution >= 0.6 is 0 Å². The van der Waals surface area contributed by atoms with Gasteiger partial charge in [0.05, 0.1) is 6.61 Å². The number of aliphatic hydroxyl groups excluding tert-OH is 1. The lowest BCUT2D eigenvalue weighted by Crippen LogP contribution is -2.28. The molecule has 0 spiro atoms. The lowest BCUT2D eigenvalue weighted by molar-refractivity contribution is -0.161. The van der Waals surface area contributed by atoms with Crippen molar-refractivity contribution in [1.82, 2.24) is 0 Å². The molecule has 0 bridgehead atoms. The minimum atomic E-state index is -0.790. The highest BCUT2D eigenvalue weighted by atomic mass is 16.6. The van der Waals surface area contributed by atoms with Gasteiger partial charge in [-0.15, -0.1) is 0 Å². The summed E-state index contributed by atoms with van der Waals surface area (Å²) in [7, 11) is 0. The van der Waals surface area contributed by atoms with Crippen molar-refractivity contribution in [3.05, 3.63) is 60.8 Å². The van der Waals surface area contributed by atoms with Gasteiger partial charge < -0.3 is 14.6 Å². The molecule has 1 unspecified atom stereocenters. The predicted molar refractivity (Wildman–Crippen MR) is 237 cm³/mol. The van der Waals surface area contributed by atoms with Crippen LogP contribution in [0, 0.1) is 0 Å². The molecule has 0 aromatic heterocycles. The maximum atomic E-state index is 12.2. The summed E-state index contributed by atoms with van der Waals surface area (Å²) in [5, 5.41) is 9.59. The zero-order chi connectivity index (χ0) is 40.0. The fraction of sp³-hybridized carbons (Fsp3) is 0.760. The molecule has 0 aliphatic heterocycles. The second-order valence-electron chi connectivity index (χ2n) is 15.5. The number of unbranched alkanes of at least 4 members (excludes halogenated alkanes) is 24. The molecule has 55 heavy (non-hydrogen) atoms. The molecule has 318 valence electrons. The van der Waals surface area contributed by atoms with Gasteiger partial charge in [0.15, 0.2) is 6.10 Å². The van der Waals surface area contributed by atoms with Crippen LogP contribution in [0.3, 0.4) is 0 Å². The van der Waals surface area contributed by atoms with Gasteiger partial charge >= 0.3 is 11.9 Å².